The Morgan fingerprint density at radius 2 is 1.90 bits per heavy atom. The number of para-hydroxylation sites is 2. The molecule has 0 radical (unpaired) electrons. The molecule has 0 saturated heterocycles. The van der Waals surface area contributed by atoms with Gasteiger partial charge in [-0.1, -0.05) is 24.3 Å². The molecule has 158 valence electrons. The summed E-state index contributed by atoms with van der Waals surface area (Å²) in [5.41, 5.74) is 4.79. The highest BCUT2D eigenvalue weighted by Gasteiger charge is 2.20. The van der Waals surface area contributed by atoms with Crippen LogP contribution in [0.25, 0.3) is 22.3 Å². The smallest absolute Gasteiger partial charge is 0.350 e. The maximum Gasteiger partial charge on any atom is 0.350 e. The lowest BCUT2D eigenvalue weighted by molar-refractivity contribution is 0.131. The summed E-state index contributed by atoms with van der Waals surface area (Å²) >= 11 is 0. The summed E-state index contributed by atoms with van der Waals surface area (Å²) in [6, 6.07) is 14.2. The van der Waals surface area contributed by atoms with Gasteiger partial charge in [-0.05, 0) is 43.7 Å². The molecule has 2 aromatic carbocycles. The minimum atomic E-state index is -0.426. The van der Waals surface area contributed by atoms with Crippen LogP contribution in [0, 0.1) is 6.92 Å². The lowest BCUT2D eigenvalue weighted by Gasteiger charge is -2.23. The van der Waals surface area contributed by atoms with Crippen LogP contribution in [-0.2, 0) is 4.84 Å². The molecular weight excluding hydrogens is 394 g/mol. The molecule has 8 heteroatoms. The Hall–Kier alpha value is -3.91. The van der Waals surface area contributed by atoms with Gasteiger partial charge in [0.2, 0.25) is 0 Å². The normalized spacial score (nSPS) is 10.8. The molecule has 2 heterocycles. The number of H-pyrrole nitrogens is 1. The van der Waals surface area contributed by atoms with Gasteiger partial charge in [0.05, 0.1) is 19.4 Å². The van der Waals surface area contributed by atoms with E-state index in [9.17, 15) is 4.79 Å². The van der Waals surface area contributed by atoms with Gasteiger partial charge in [-0.25, -0.2) is 14.8 Å². The quantitative estimate of drug-likeness (QED) is 0.434. The lowest BCUT2D eigenvalue weighted by Crippen LogP contribution is -2.35. The number of urea groups is 1. The standard InChI is InChI=1S/C23H23N5O3/c1-4-31-28(18-7-5-6-8-19(18)30-3)23(29)27-17-11-9-16(10-12-17)21-20-15(2)13-24-22(20)26-14-25-21/h5-14H,4H2,1-3H3,(H,27,29)(H,24,25,26). The number of aryl methyl sites for hydroxylation is 1. The zero-order valence-corrected chi connectivity index (χ0v) is 17.5. The fourth-order valence-electron chi connectivity index (χ4n) is 3.39. The Bertz CT molecular complexity index is 1200. The number of hydrogen-bond donors (Lipinski definition) is 2. The van der Waals surface area contributed by atoms with Crippen molar-refractivity contribution in [2.45, 2.75) is 13.8 Å². The fraction of sp³-hybridized carbons (Fsp3) is 0.174. The Kier molecular flexibility index (Phi) is 5.81. The Morgan fingerprint density at radius 3 is 2.65 bits per heavy atom. The first-order valence-electron chi connectivity index (χ1n) is 9.88. The lowest BCUT2D eigenvalue weighted by atomic mass is 10.1. The van der Waals surface area contributed by atoms with E-state index in [-0.39, 0.29) is 0 Å². The van der Waals surface area contributed by atoms with E-state index < -0.39 is 6.03 Å². The molecule has 0 aliphatic carbocycles. The van der Waals surface area contributed by atoms with E-state index >= 15 is 0 Å². The maximum atomic E-state index is 12.9. The van der Waals surface area contributed by atoms with Crippen molar-refractivity contribution in [3.8, 4) is 17.0 Å². The summed E-state index contributed by atoms with van der Waals surface area (Å²) in [6.45, 7) is 4.15. The molecule has 4 rings (SSSR count). The van der Waals surface area contributed by atoms with Crippen molar-refractivity contribution in [3.63, 3.8) is 0 Å². The van der Waals surface area contributed by atoms with Crippen LogP contribution in [0.1, 0.15) is 12.5 Å². The second-order valence-corrected chi connectivity index (χ2v) is 6.81. The SMILES string of the molecule is CCON(C(=O)Nc1ccc(-c2ncnc3[nH]cc(C)c23)cc1)c1ccccc1OC. The third-order valence-corrected chi connectivity index (χ3v) is 4.82. The molecule has 2 N–H and O–H groups in total. The van der Waals surface area contributed by atoms with Crippen molar-refractivity contribution in [3.05, 3.63) is 66.6 Å². The van der Waals surface area contributed by atoms with Crippen molar-refractivity contribution in [1.29, 1.82) is 0 Å². The van der Waals surface area contributed by atoms with Crippen molar-refractivity contribution >= 4 is 28.4 Å². The number of carbonyl (C=O) groups is 1. The first-order valence-corrected chi connectivity index (χ1v) is 9.88. The van der Waals surface area contributed by atoms with Gasteiger partial charge < -0.3 is 15.0 Å². The zero-order chi connectivity index (χ0) is 21.8. The average Bonchev–Trinajstić information content (AvgIpc) is 3.19. The van der Waals surface area contributed by atoms with Crippen LogP contribution in [0.3, 0.4) is 0 Å². The van der Waals surface area contributed by atoms with Crippen LogP contribution in [0.5, 0.6) is 5.75 Å². The van der Waals surface area contributed by atoms with E-state index in [0.29, 0.717) is 23.7 Å². The Morgan fingerprint density at radius 1 is 1.13 bits per heavy atom. The van der Waals surface area contributed by atoms with Gasteiger partial charge in [0.25, 0.3) is 0 Å². The van der Waals surface area contributed by atoms with Crippen molar-refractivity contribution in [2.75, 3.05) is 24.1 Å². The number of benzene rings is 2. The predicted molar refractivity (Wildman–Crippen MR) is 120 cm³/mol. The third-order valence-electron chi connectivity index (χ3n) is 4.82. The summed E-state index contributed by atoms with van der Waals surface area (Å²) in [5, 5.41) is 5.05. The fourth-order valence-corrected chi connectivity index (χ4v) is 3.39. The number of rotatable bonds is 6. The van der Waals surface area contributed by atoms with Crippen LogP contribution >= 0.6 is 0 Å². The van der Waals surface area contributed by atoms with Crippen molar-refractivity contribution in [1.82, 2.24) is 15.0 Å². The highest BCUT2D eigenvalue weighted by atomic mass is 16.7. The van der Waals surface area contributed by atoms with E-state index in [4.69, 9.17) is 9.57 Å². The molecular formula is C23H23N5O3. The van der Waals surface area contributed by atoms with Gasteiger partial charge in [-0.2, -0.15) is 5.06 Å². The predicted octanol–water partition coefficient (Wildman–Crippen LogP) is 4.93. The molecule has 31 heavy (non-hydrogen) atoms. The van der Waals surface area contributed by atoms with Gasteiger partial charge in [-0.15, -0.1) is 0 Å². The number of nitrogens with zero attached hydrogens (tertiary/aromatic N) is 3. The highest BCUT2D eigenvalue weighted by Crippen LogP contribution is 2.30. The molecule has 0 atom stereocenters. The van der Waals surface area contributed by atoms with Gasteiger partial charge in [0, 0.05) is 22.8 Å². The van der Waals surface area contributed by atoms with Crippen LogP contribution in [0.4, 0.5) is 16.2 Å². The van der Waals surface area contributed by atoms with E-state index in [1.54, 1.807) is 19.2 Å². The molecule has 0 saturated carbocycles. The first-order chi connectivity index (χ1) is 15.1. The number of hydroxylamine groups is 1. The van der Waals surface area contributed by atoms with Crippen molar-refractivity contribution in [2.24, 2.45) is 0 Å². The molecule has 2 aromatic heterocycles. The molecule has 2 amide bonds. The summed E-state index contributed by atoms with van der Waals surface area (Å²) in [5.74, 6) is 0.538. The second-order valence-electron chi connectivity index (χ2n) is 6.81. The van der Waals surface area contributed by atoms with Gasteiger partial charge in [0.15, 0.2) is 0 Å². The van der Waals surface area contributed by atoms with Crippen LogP contribution in [0.15, 0.2) is 61.1 Å². The Balaban J connectivity index is 1.58. The number of nitrogens with one attached hydrogen (secondary N) is 2. The topological polar surface area (TPSA) is 92.4 Å². The summed E-state index contributed by atoms with van der Waals surface area (Å²) in [6.07, 6.45) is 3.45. The molecule has 0 fully saturated rings. The number of aromatic amines is 1. The number of methoxy groups -OCH3 is 1. The van der Waals surface area contributed by atoms with Crippen LogP contribution < -0.4 is 15.1 Å². The highest BCUT2D eigenvalue weighted by molar-refractivity contribution is 6.01. The van der Waals surface area contributed by atoms with E-state index in [1.165, 1.54) is 11.4 Å². The number of hydrogen-bond acceptors (Lipinski definition) is 5. The third kappa shape index (κ3) is 4.06. The number of amides is 2. The van der Waals surface area contributed by atoms with Gasteiger partial charge in [0.1, 0.15) is 23.4 Å². The van der Waals surface area contributed by atoms with E-state index in [0.717, 1.165) is 27.9 Å². The minimum absolute atomic E-state index is 0.324. The van der Waals surface area contributed by atoms with Gasteiger partial charge >= 0.3 is 6.03 Å². The van der Waals surface area contributed by atoms with Crippen molar-refractivity contribution < 1.29 is 14.4 Å². The van der Waals surface area contributed by atoms with E-state index in [2.05, 4.69) is 20.3 Å². The largest absolute Gasteiger partial charge is 0.494 e. The molecule has 4 aromatic rings. The molecule has 0 spiro atoms. The molecule has 0 unspecified atom stereocenters. The zero-order valence-electron chi connectivity index (χ0n) is 17.5. The summed E-state index contributed by atoms with van der Waals surface area (Å²) in [7, 11) is 1.55. The number of fused-ring (bicyclic) bond motifs is 1. The number of ether oxygens (including phenoxy) is 1. The number of anilines is 2. The molecule has 8 nitrogen and oxygen atoms in total. The number of aromatic nitrogens is 3. The monoisotopic (exact) mass is 417 g/mol. The molecule has 0 aliphatic heterocycles. The van der Waals surface area contributed by atoms with Crippen LogP contribution in [0.2, 0.25) is 0 Å². The Labute approximate surface area is 179 Å². The minimum Gasteiger partial charge on any atom is -0.494 e. The maximum absolute atomic E-state index is 12.9. The van der Waals surface area contributed by atoms with E-state index in [1.807, 2.05) is 56.4 Å². The van der Waals surface area contributed by atoms with Gasteiger partial charge in [-0.3, -0.25) is 4.84 Å². The summed E-state index contributed by atoms with van der Waals surface area (Å²) in [4.78, 5) is 30.4. The van der Waals surface area contributed by atoms with Crippen LogP contribution in [-0.4, -0.2) is 34.7 Å². The summed E-state index contributed by atoms with van der Waals surface area (Å²) < 4.78 is 5.36. The second kappa shape index (κ2) is 8.85. The number of carbonyl (C=O) groups excluding carboxylic acids is 1. The first kappa shape index (κ1) is 20.4. The molecule has 0 bridgehead atoms. The molecule has 0 aliphatic rings. The average molecular weight is 417 g/mol.